The Kier molecular flexibility index (Phi) is 7.86. The van der Waals surface area contributed by atoms with E-state index in [-0.39, 0.29) is 25.6 Å². The van der Waals surface area contributed by atoms with Crippen LogP contribution in [0.3, 0.4) is 0 Å². The van der Waals surface area contributed by atoms with Gasteiger partial charge in [-0.2, -0.15) is 0 Å². The maximum absolute atomic E-state index is 11.8. The minimum Gasteiger partial charge on any atom is -0.297 e. The van der Waals surface area contributed by atoms with Crippen LogP contribution in [0.5, 0.6) is 0 Å². The summed E-state index contributed by atoms with van der Waals surface area (Å²) >= 11 is 5.52. The number of H-pyrrole nitrogens is 1. The number of hydrogen-bond donors (Lipinski definition) is 2. The molecule has 17 heavy (non-hydrogen) atoms. The van der Waals surface area contributed by atoms with Crippen molar-refractivity contribution >= 4 is 24.0 Å². The maximum Gasteiger partial charge on any atom is 0.329 e. The molecule has 0 aliphatic heterocycles. The van der Waals surface area contributed by atoms with E-state index in [1.54, 1.807) is 0 Å². The Balaban J connectivity index is 0.00000256. The molecule has 5 nitrogen and oxygen atoms in total. The summed E-state index contributed by atoms with van der Waals surface area (Å²) < 4.78 is 13.1. The molecule has 2 N–H and O–H groups in total. The van der Waals surface area contributed by atoms with E-state index in [1.807, 2.05) is 0 Å². The third-order valence-electron chi connectivity index (χ3n) is 2.00. The van der Waals surface area contributed by atoms with Gasteiger partial charge in [0.25, 0.3) is 5.56 Å². The van der Waals surface area contributed by atoms with Gasteiger partial charge in [0.15, 0.2) is 0 Å². The molecule has 0 bridgehead atoms. The lowest BCUT2D eigenvalue weighted by atomic mass is 10.3. The van der Waals surface area contributed by atoms with Crippen molar-refractivity contribution in [3.63, 3.8) is 0 Å². The van der Waals surface area contributed by atoms with E-state index in [0.29, 0.717) is 17.9 Å². The monoisotopic (exact) mass is 285 g/mol. The third kappa shape index (κ3) is 4.89. The van der Waals surface area contributed by atoms with Gasteiger partial charge >= 0.3 is 5.69 Å². The van der Waals surface area contributed by atoms with Crippen LogP contribution >= 0.6 is 24.0 Å². The first-order valence-corrected chi connectivity index (χ1v) is 5.37. The fraction of sp³-hybridized carbons (Fsp3) is 0.556. The van der Waals surface area contributed by atoms with Gasteiger partial charge in [0.2, 0.25) is 0 Å². The standard InChI is InChI=1S/C9H13ClFN3O2.ClH/c10-2-1-7-5-14(6-12-4-3-11)9(16)13-8(7)15;/h5,12H,1-4,6H2,(H,13,15,16);1H. The molecule has 1 aromatic rings. The Labute approximate surface area is 108 Å². The molecule has 0 unspecified atom stereocenters. The quantitative estimate of drug-likeness (QED) is 0.582. The summed E-state index contributed by atoms with van der Waals surface area (Å²) in [4.78, 5) is 24.8. The summed E-state index contributed by atoms with van der Waals surface area (Å²) in [7, 11) is 0. The second-order valence-corrected chi connectivity index (χ2v) is 3.55. The fourth-order valence-corrected chi connectivity index (χ4v) is 1.42. The van der Waals surface area contributed by atoms with Crippen molar-refractivity contribution in [2.45, 2.75) is 13.1 Å². The smallest absolute Gasteiger partial charge is 0.297 e. The summed E-state index contributed by atoms with van der Waals surface area (Å²) in [6.07, 6.45) is 1.83. The highest BCUT2D eigenvalue weighted by Gasteiger charge is 2.03. The zero-order valence-corrected chi connectivity index (χ0v) is 10.6. The number of hydrogen-bond acceptors (Lipinski definition) is 3. The van der Waals surface area contributed by atoms with E-state index < -0.39 is 17.9 Å². The highest BCUT2D eigenvalue weighted by molar-refractivity contribution is 6.17. The highest BCUT2D eigenvalue weighted by atomic mass is 35.5. The normalized spacial score (nSPS) is 10.0. The summed E-state index contributed by atoms with van der Waals surface area (Å²) in [5.41, 5.74) is -0.501. The van der Waals surface area contributed by atoms with Crippen molar-refractivity contribution in [3.05, 3.63) is 32.6 Å². The summed E-state index contributed by atoms with van der Waals surface area (Å²) in [6.45, 7) is -0.183. The Morgan fingerprint density at radius 3 is 2.76 bits per heavy atom. The molecule has 0 saturated carbocycles. The number of alkyl halides is 2. The van der Waals surface area contributed by atoms with Crippen molar-refractivity contribution in [2.75, 3.05) is 19.1 Å². The predicted octanol–water partition coefficient (Wildman–Crippen LogP) is 0.256. The molecule has 0 spiro atoms. The average molecular weight is 286 g/mol. The van der Waals surface area contributed by atoms with Crippen molar-refractivity contribution in [1.29, 1.82) is 0 Å². The van der Waals surface area contributed by atoms with Gasteiger partial charge in [-0.25, -0.2) is 9.18 Å². The van der Waals surface area contributed by atoms with Gasteiger partial charge in [0, 0.05) is 24.2 Å². The van der Waals surface area contributed by atoms with Crippen LogP contribution in [0.2, 0.25) is 0 Å². The van der Waals surface area contributed by atoms with E-state index >= 15 is 0 Å². The average Bonchev–Trinajstić information content (AvgIpc) is 2.25. The van der Waals surface area contributed by atoms with Gasteiger partial charge in [-0.05, 0) is 6.42 Å². The fourth-order valence-electron chi connectivity index (χ4n) is 1.22. The molecule has 0 amide bonds. The molecule has 0 aliphatic carbocycles. The van der Waals surface area contributed by atoms with Crippen LogP contribution in [0.1, 0.15) is 5.56 Å². The number of nitrogens with one attached hydrogen (secondary N) is 2. The van der Waals surface area contributed by atoms with Gasteiger partial charge in [-0.3, -0.25) is 19.7 Å². The molecule has 98 valence electrons. The molecule has 0 aliphatic rings. The molecule has 1 rings (SSSR count). The largest absolute Gasteiger partial charge is 0.329 e. The molecule has 8 heteroatoms. The van der Waals surface area contributed by atoms with Crippen LogP contribution in [0.15, 0.2) is 15.8 Å². The Morgan fingerprint density at radius 2 is 2.18 bits per heavy atom. The Bertz CT molecular complexity index is 447. The summed E-state index contributed by atoms with van der Waals surface area (Å²) in [6, 6.07) is 0. The lowest BCUT2D eigenvalue weighted by Gasteiger charge is -2.07. The predicted molar refractivity (Wildman–Crippen MR) is 67.0 cm³/mol. The molecule has 1 aromatic heterocycles. The van der Waals surface area contributed by atoms with Gasteiger partial charge < -0.3 is 0 Å². The summed E-state index contributed by atoms with van der Waals surface area (Å²) in [5.74, 6) is 0.305. The summed E-state index contributed by atoms with van der Waals surface area (Å²) in [5, 5.41) is 2.71. The topological polar surface area (TPSA) is 66.9 Å². The van der Waals surface area contributed by atoms with Crippen molar-refractivity contribution < 1.29 is 4.39 Å². The number of nitrogens with zero attached hydrogens (tertiary/aromatic N) is 1. The van der Waals surface area contributed by atoms with Crippen LogP contribution in [0.4, 0.5) is 4.39 Å². The first-order chi connectivity index (χ1) is 7.69. The van der Waals surface area contributed by atoms with Crippen LogP contribution in [0, 0.1) is 0 Å². The Morgan fingerprint density at radius 1 is 1.47 bits per heavy atom. The molecular weight excluding hydrogens is 272 g/mol. The van der Waals surface area contributed by atoms with Crippen LogP contribution in [0.25, 0.3) is 0 Å². The molecule has 0 radical (unpaired) electrons. The maximum atomic E-state index is 11.8. The Hall–Kier alpha value is -0.850. The van der Waals surface area contributed by atoms with Crippen LogP contribution in [-0.4, -0.2) is 28.7 Å². The van der Waals surface area contributed by atoms with Crippen LogP contribution < -0.4 is 16.6 Å². The van der Waals surface area contributed by atoms with E-state index in [0.717, 1.165) is 0 Å². The van der Waals surface area contributed by atoms with E-state index in [9.17, 15) is 14.0 Å². The van der Waals surface area contributed by atoms with Crippen molar-refractivity contribution in [1.82, 2.24) is 14.9 Å². The van der Waals surface area contributed by atoms with E-state index in [1.165, 1.54) is 10.8 Å². The number of aromatic amines is 1. The third-order valence-corrected chi connectivity index (χ3v) is 2.19. The number of rotatable bonds is 6. The molecule has 0 atom stereocenters. The lowest BCUT2D eigenvalue weighted by Crippen LogP contribution is -2.35. The molecule has 0 fully saturated rings. The SMILES string of the molecule is Cl.O=c1[nH]c(=O)n(CNCCF)cc1CCCl. The second-order valence-electron chi connectivity index (χ2n) is 3.17. The van der Waals surface area contributed by atoms with Crippen molar-refractivity contribution in [2.24, 2.45) is 0 Å². The van der Waals surface area contributed by atoms with E-state index in [4.69, 9.17) is 11.6 Å². The van der Waals surface area contributed by atoms with E-state index in [2.05, 4.69) is 10.3 Å². The first-order valence-electron chi connectivity index (χ1n) is 4.84. The number of halogens is 3. The second kappa shape index (κ2) is 8.27. The first kappa shape index (κ1) is 16.1. The lowest BCUT2D eigenvalue weighted by molar-refractivity contribution is 0.437. The van der Waals surface area contributed by atoms with Gasteiger partial charge in [0.1, 0.15) is 6.67 Å². The van der Waals surface area contributed by atoms with Gasteiger partial charge in [-0.1, -0.05) is 0 Å². The molecule has 1 heterocycles. The zero-order valence-electron chi connectivity index (χ0n) is 9.04. The molecular formula is C9H14Cl2FN3O2. The van der Waals surface area contributed by atoms with Crippen LogP contribution in [-0.2, 0) is 13.1 Å². The molecule has 0 saturated heterocycles. The number of aryl methyl sites for hydroxylation is 1. The molecule has 0 aromatic carbocycles. The minimum absolute atomic E-state index is 0. The number of aromatic nitrogens is 2. The minimum atomic E-state index is -0.519. The highest BCUT2D eigenvalue weighted by Crippen LogP contribution is 1.91. The van der Waals surface area contributed by atoms with Crippen molar-refractivity contribution in [3.8, 4) is 0 Å². The zero-order chi connectivity index (χ0) is 12.0. The van der Waals surface area contributed by atoms with Gasteiger partial charge in [0.05, 0.1) is 6.67 Å². The van der Waals surface area contributed by atoms with Gasteiger partial charge in [-0.15, -0.1) is 24.0 Å².